The number of anilines is 1. The third-order valence-electron chi connectivity index (χ3n) is 1.89. The Labute approximate surface area is 67.2 Å². The summed E-state index contributed by atoms with van der Waals surface area (Å²) in [7, 11) is 1.96. The van der Waals surface area contributed by atoms with Crippen molar-refractivity contribution >= 4 is 5.82 Å². The van der Waals surface area contributed by atoms with Crippen LogP contribution in [0.3, 0.4) is 0 Å². The summed E-state index contributed by atoms with van der Waals surface area (Å²) in [6, 6.07) is 0. The molecular formula is C8H15N3. The lowest BCUT2D eigenvalue weighted by molar-refractivity contribution is 0.763. The predicted octanol–water partition coefficient (Wildman–Crippen LogP) is 1.26. The standard InChI is InChI=1S/C8H15N3/c1-4-5-7-10-6(2)8(9)11(7)3/h4-5,9H2,1-3H3. The van der Waals surface area contributed by atoms with Gasteiger partial charge in [0.15, 0.2) is 0 Å². The molecule has 3 nitrogen and oxygen atoms in total. The summed E-state index contributed by atoms with van der Waals surface area (Å²) in [5.74, 6) is 1.87. The number of nitrogens with two attached hydrogens (primary N) is 1. The molecule has 2 N–H and O–H groups in total. The van der Waals surface area contributed by atoms with E-state index in [1.54, 1.807) is 0 Å². The Bertz CT molecular complexity index is 250. The lowest BCUT2D eigenvalue weighted by Gasteiger charge is -1.99. The maximum atomic E-state index is 5.73. The van der Waals surface area contributed by atoms with E-state index < -0.39 is 0 Å². The minimum Gasteiger partial charge on any atom is -0.384 e. The zero-order valence-electron chi connectivity index (χ0n) is 7.39. The Balaban J connectivity index is 2.98. The van der Waals surface area contributed by atoms with Crippen LogP contribution in [0.5, 0.6) is 0 Å². The van der Waals surface area contributed by atoms with Gasteiger partial charge >= 0.3 is 0 Å². The van der Waals surface area contributed by atoms with Crippen molar-refractivity contribution in [3.63, 3.8) is 0 Å². The zero-order valence-corrected chi connectivity index (χ0v) is 7.39. The summed E-state index contributed by atoms with van der Waals surface area (Å²) in [4.78, 5) is 4.34. The van der Waals surface area contributed by atoms with Gasteiger partial charge in [-0.05, 0) is 13.3 Å². The summed E-state index contributed by atoms with van der Waals surface area (Å²) in [5, 5.41) is 0. The maximum absolute atomic E-state index is 5.73. The third-order valence-corrected chi connectivity index (χ3v) is 1.89. The second-order valence-electron chi connectivity index (χ2n) is 2.81. The molecule has 1 aromatic heterocycles. The second kappa shape index (κ2) is 2.95. The SMILES string of the molecule is CCCc1nc(C)c(N)n1C. The van der Waals surface area contributed by atoms with Crippen molar-refractivity contribution in [1.82, 2.24) is 9.55 Å². The molecule has 0 radical (unpaired) electrons. The van der Waals surface area contributed by atoms with Crippen LogP contribution in [0.15, 0.2) is 0 Å². The van der Waals surface area contributed by atoms with E-state index in [1.807, 2.05) is 18.5 Å². The number of nitrogen functional groups attached to an aromatic ring is 1. The first-order valence-electron chi connectivity index (χ1n) is 3.94. The molecule has 0 spiro atoms. The van der Waals surface area contributed by atoms with E-state index in [2.05, 4.69) is 11.9 Å². The topological polar surface area (TPSA) is 43.8 Å². The van der Waals surface area contributed by atoms with E-state index in [4.69, 9.17) is 5.73 Å². The van der Waals surface area contributed by atoms with E-state index in [1.165, 1.54) is 0 Å². The molecule has 0 aromatic carbocycles. The fourth-order valence-corrected chi connectivity index (χ4v) is 1.15. The average Bonchev–Trinajstić information content (AvgIpc) is 2.19. The molecular weight excluding hydrogens is 138 g/mol. The van der Waals surface area contributed by atoms with E-state index >= 15 is 0 Å². The number of aryl methyl sites for hydroxylation is 2. The molecule has 62 valence electrons. The molecule has 0 saturated carbocycles. The Morgan fingerprint density at radius 3 is 2.55 bits per heavy atom. The molecule has 3 heteroatoms. The van der Waals surface area contributed by atoms with Gasteiger partial charge in [0.2, 0.25) is 0 Å². The smallest absolute Gasteiger partial charge is 0.126 e. The highest BCUT2D eigenvalue weighted by atomic mass is 15.1. The van der Waals surface area contributed by atoms with Crippen molar-refractivity contribution in [2.45, 2.75) is 26.7 Å². The summed E-state index contributed by atoms with van der Waals surface area (Å²) >= 11 is 0. The average molecular weight is 153 g/mol. The fourth-order valence-electron chi connectivity index (χ4n) is 1.15. The van der Waals surface area contributed by atoms with Gasteiger partial charge in [-0.25, -0.2) is 4.98 Å². The maximum Gasteiger partial charge on any atom is 0.126 e. The summed E-state index contributed by atoms with van der Waals surface area (Å²) in [6.45, 7) is 4.08. The first-order valence-corrected chi connectivity index (χ1v) is 3.94. The van der Waals surface area contributed by atoms with E-state index in [0.29, 0.717) is 0 Å². The number of aromatic nitrogens is 2. The highest BCUT2D eigenvalue weighted by Gasteiger charge is 2.05. The van der Waals surface area contributed by atoms with Crippen LogP contribution in [0.25, 0.3) is 0 Å². The number of hydrogen-bond acceptors (Lipinski definition) is 2. The van der Waals surface area contributed by atoms with Gasteiger partial charge in [0.1, 0.15) is 11.6 Å². The third kappa shape index (κ3) is 1.37. The van der Waals surface area contributed by atoms with Crippen molar-refractivity contribution in [3.8, 4) is 0 Å². The van der Waals surface area contributed by atoms with Crippen LogP contribution >= 0.6 is 0 Å². The van der Waals surface area contributed by atoms with Crippen molar-refractivity contribution in [2.75, 3.05) is 5.73 Å². The lowest BCUT2D eigenvalue weighted by Crippen LogP contribution is -2.01. The molecule has 0 unspecified atom stereocenters. The molecule has 0 atom stereocenters. The Hall–Kier alpha value is -0.990. The van der Waals surface area contributed by atoms with Crippen LogP contribution in [0.4, 0.5) is 5.82 Å². The minimum atomic E-state index is 0.786. The van der Waals surface area contributed by atoms with Gasteiger partial charge in [-0.1, -0.05) is 6.92 Å². The zero-order chi connectivity index (χ0) is 8.43. The Morgan fingerprint density at radius 1 is 1.55 bits per heavy atom. The first kappa shape index (κ1) is 8.11. The van der Waals surface area contributed by atoms with Gasteiger partial charge in [-0.2, -0.15) is 0 Å². The monoisotopic (exact) mass is 153 g/mol. The Kier molecular flexibility index (Phi) is 2.17. The minimum absolute atomic E-state index is 0.786. The molecule has 0 aliphatic carbocycles. The van der Waals surface area contributed by atoms with Crippen molar-refractivity contribution in [3.05, 3.63) is 11.5 Å². The lowest BCUT2D eigenvalue weighted by atomic mass is 10.3. The predicted molar refractivity (Wildman–Crippen MR) is 46.4 cm³/mol. The molecule has 0 fully saturated rings. The molecule has 0 bridgehead atoms. The van der Waals surface area contributed by atoms with E-state index in [-0.39, 0.29) is 0 Å². The molecule has 1 aromatic rings. The Morgan fingerprint density at radius 2 is 2.18 bits per heavy atom. The number of nitrogens with zero attached hydrogens (tertiary/aromatic N) is 2. The number of rotatable bonds is 2. The van der Waals surface area contributed by atoms with Gasteiger partial charge in [0.05, 0.1) is 5.69 Å². The molecule has 1 rings (SSSR count). The molecule has 0 aliphatic rings. The normalized spacial score (nSPS) is 10.5. The van der Waals surface area contributed by atoms with Crippen molar-refractivity contribution in [1.29, 1.82) is 0 Å². The highest BCUT2D eigenvalue weighted by Crippen LogP contribution is 2.11. The van der Waals surface area contributed by atoms with Gasteiger partial charge in [0.25, 0.3) is 0 Å². The summed E-state index contributed by atoms with van der Waals surface area (Å²) in [6.07, 6.45) is 2.12. The summed E-state index contributed by atoms with van der Waals surface area (Å²) in [5.41, 5.74) is 6.67. The molecule has 1 heterocycles. The second-order valence-corrected chi connectivity index (χ2v) is 2.81. The van der Waals surface area contributed by atoms with E-state index in [0.717, 1.165) is 30.2 Å². The van der Waals surface area contributed by atoms with Crippen LogP contribution in [-0.2, 0) is 13.5 Å². The van der Waals surface area contributed by atoms with Gasteiger partial charge < -0.3 is 10.3 Å². The van der Waals surface area contributed by atoms with E-state index in [9.17, 15) is 0 Å². The van der Waals surface area contributed by atoms with Crippen LogP contribution < -0.4 is 5.73 Å². The largest absolute Gasteiger partial charge is 0.384 e. The fraction of sp³-hybridized carbons (Fsp3) is 0.625. The quantitative estimate of drug-likeness (QED) is 0.695. The molecule has 0 aliphatic heterocycles. The van der Waals surface area contributed by atoms with Gasteiger partial charge in [-0.15, -0.1) is 0 Å². The molecule has 0 amide bonds. The first-order chi connectivity index (χ1) is 5.16. The summed E-state index contributed by atoms with van der Waals surface area (Å²) < 4.78 is 1.96. The van der Waals surface area contributed by atoms with Crippen molar-refractivity contribution < 1.29 is 0 Å². The number of hydrogen-bond donors (Lipinski definition) is 1. The van der Waals surface area contributed by atoms with Crippen molar-refractivity contribution in [2.24, 2.45) is 7.05 Å². The highest BCUT2D eigenvalue weighted by molar-refractivity contribution is 5.36. The van der Waals surface area contributed by atoms with Crippen LogP contribution in [0, 0.1) is 6.92 Å². The van der Waals surface area contributed by atoms with Gasteiger partial charge in [0, 0.05) is 13.5 Å². The van der Waals surface area contributed by atoms with Crippen LogP contribution in [0.1, 0.15) is 24.9 Å². The molecule has 11 heavy (non-hydrogen) atoms. The van der Waals surface area contributed by atoms with Crippen LogP contribution in [0.2, 0.25) is 0 Å². The molecule has 0 saturated heterocycles. The van der Waals surface area contributed by atoms with Gasteiger partial charge in [-0.3, -0.25) is 0 Å². The number of imidazole rings is 1. The van der Waals surface area contributed by atoms with Crippen LogP contribution in [-0.4, -0.2) is 9.55 Å².